The third-order valence-electron chi connectivity index (χ3n) is 3.16. The second kappa shape index (κ2) is 5.56. The molecule has 0 radical (unpaired) electrons. The molecule has 0 saturated carbocycles. The number of nitrogens with one attached hydrogen (secondary N) is 1. The molecule has 0 saturated heterocycles. The van der Waals surface area contributed by atoms with Gasteiger partial charge in [0.25, 0.3) is 5.78 Å². The van der Waals surface area contributed by atoms with Crippen molar-refractivity contribution in [1.82, 2.24) is 0 Å². The first-order valence-electron chi connectivity index (χ1n) is 6.27. The molecule has 0 unspecified atom stereocenters. The zero-order chi connectivity index (χ0) is 14.8. The van der Waals surface area contributed by atoms with Crippen LogP contribution in [0.2, 0.25) is 0 Å². The number of anilines is 1. The van der Waals surface area contributed by atoms with Gasteiger partial charge in [0.1, 0.15) is 5.75 Å². The third kappa shape index (κ3) is 3.31. The number of carbonyl (C=O) groups is 1. The van der Waals surface area contributed by atoms with E-state index in [0.717, 1.165) is 6.42 Å². The van der Waals surface area contributed by atoms with Gasteiger partial charge in [0.05, 0.1) is 0 Å². The van der Waals surface area contributed by atoms with Gasteiger partial charge in [-0.1, -0.05) is 0 Å². The van der Waals surface area contributed by atoms with Crippen molar-refractivity contribution in [3.8, 4) is 5.75 Å². The Morgan fingerprint density at radius 3 is 2.30 bits per heavy atom. The van der Waals surface area contributed by atoms with Gasteiger partial charge in [-0.05, 0) is 49.9 Å². The molecule has 0 aromatic heterocycles. The van der Waals surface area contributed by atoms with Crippen LogP contribution in [-0.4, -0.2) is 17.1 Å². The molecule has 1 aliphatic carbocycles. The number of ketones is 1. The molecule has 20 heavy (non-hydrogen) atoms. The summed E-state index contributed by atoms with van der Waals surface area (Å²) in [6, 6.07) is 5.95. The highest BCUT2D eigenvalue weighted by molar-refractivity contribution is 6.00. The molecule has 0 spiro atoms. The molecule has 3 nitrogen and oxygen atoms in total. The number of phenolic OH excluding ortho intramolecular Hbond substituents is 1. The van der Waals surface area contributed by atoms with Crippen molar-refractivity contribution in [2.45, 2.75) is 31.9 Å². The number of halogens is 3. The van der Waals surface area contributed by atoms with E-state index in [-0.39, 0.29) is 17.7 Å². The van der Waals surface area contributed by atoms with Crippen LogP contribution in [-0.2, 0) is 4.79 Å². The topological polar surface area (TPSA) is 49.3 Å². The maximum atomic E-state index is 12.6. The summed E-state index contributed by atoms with van der Waals surface area (Å²) in [6.07, 6.45) is -2.96. The molecule has 1 aromatic rings. The van der Waals surface area contributed by atoms with Crippen LogP contribution >= 0.6 is 0 Å². The lowest BCUT2D eigenvalue weighted by atomic mass is 9.93. The Morgan fingerprint density at radius 1 is 1.10 bits per heavy atom. The molecule has 0 bridgehead atoms. The molecule has 1 aliphatic rings. The monoisotopic (exact) mass is 285 g/mol. The van der Waals surface area contributed by atoms with E-state index >= 15 is 0 Å². The molecule has 0 fully saturated rings. The van der Waals surface area contributed by atoms with Crippen LogP contribution in [0.5, 0.6) is 5.75 Å². The van der Waals surface area contributed by atoms with Gasteiger partial charge in [-0.2, -0.15) is 13.2 Å². The van der Waals surface area contributed by atoms with Gasteiger partial charge in [0.2, 0.25) is 0 Å². The highest BCUT2D eigenvalue weighted by Crippen LogP contribution is 2.32. The van der Waals surface area contributed by atoms with Gasteiger partial charge < -0.3 is 10.4 Å². The predicted octanol–water partition coefficient (Wildman–Crippen LogP) is 3.76. The van der Waals surface area contributed by atoms with Crippen LogP contribution in [0.1, 0.15) is 25.7 Å². The van der Waals surface area contributed by atoms with Crippen molar-refractivity contribution in [1.29, 1.82) is 0 Å². The number of hydrogen-bond donors (Lipinski definition) is 2. The van der Waals surface area contributed by atoms with E-state index in [1.54, 1.807) is 12.1 Å². The van der Waals surface area contributed by atoms with Gasteiger partial charge in [-0.15, -0.1) is 0 Å². The number of carbonyl (C=O) groups excluding carboxylic acids is 1. The molecule has 6 heteroatoms. The number of benzene rings is 1. The van der Waals surface area contributed by atoms with Crippen molar-refractivity contribution in [2.75, 3.05) is 5.32 Å². The minimum atomic E-state index is -4.84. The lowest BCUT2D eigenvalue weighted by Gasteiger charge is -2.21. The fourth-order valence-electron chi connectivity index (χ4n) is 2.18. The van der Waals surface area contributed by atoms with Crippen LogP contribution in [0.3, 0.4) is 0 Å². The quantitative estimate of drug-likeness (QED) is 0.831. The second-order valence-corrected chi connectivity index (χ2v) is 4.66. The highest BCUT2D eigenvalue weighted by atomic mass is 19.4. The SMILES string of the molecule is O=C(C1=C(Nc2ccc(O)cc2)CCCC1)C(F)(F)F. The van der Waals surface area contributed by atoms with E-state index in [0.29, 0.717) is 24.2 Å². The Morgan fingerprint density at radius 2 is 1.70 bits per heavy atom. The average molecular weight is 285 g/mol. The average Bonchev–Trinajstić information content (AvgIpc) is 2.40. The Kier molecular flexibility index (Phi) is 4.01. The third-order valence-corrected chi connectivity index (χ3v) is 3.16. The van der Waals surface area contributed by atoms with E-state index in [9.17, 15) is 18.0 Å². The van der Waals surface area contributed by atoms with Gasteiger partial charge in [-0.3, -0.25) is 4.79 Å². The number of phenols is 1. The van der Waals surface area contributed by atoms with Crippen molar-refractivity contribution in [3.05, 3.63) is 35.5 Å². The smallest absolute Gasteiger partial charge is 0.454 e. The number of alkyl halides is 3. The summed E-state index contributed by atoms with van der Waals surface area (Å²) in [4.78, 5) is 11.4. The van der Waals surface area contributed by atoms with Crippen molar-refractivity contribution in [3.63, 3.8) is 0 Å². The molecular weight excluding hydrogens is 271 g/mol. The largest absolute Gasteiger partial charge is 0.508 e. The molecule has 0 atom stereocenters. The predicted molar refractivity (Wildman–Crippen MR) is 68.3 cm³/mol. The zero-order valence-electron chi connectivity index (χ0n) is 10.6. The molecular formula is C14H14F3NO2. The van der Waals surface area contributed by atoms with Crippen LogP contribution < -0.4 is 5.32 Å². The molecule has 0 heterocycles. The Labute approximate surface area is 114 Å². The van der Waals surface area contributed by atoms with Gasteiger partial charge in [0, 0.05) is 17.0 Å². The number of rotatable bonds is 3. The first-order valence-corrected chi connectivity index (χ1v) is 6.27. The summed E-state index contributed by atoms with van der Waals surface area (Å²) in [5, 5.41) is 12.0. The van der Waals surface area contributed by atoms with Crippen molar-refractivity contribution in [2.24, 2.45) is 0 Å². The minimum absolute atomic E-state index is 0.0692. The van der Waals surface area contributed by atoms with Crippen LogP contribution in [0.15, 0.2) is 35.5 Å². The molecule has 1 aromatic carbocycles. The van der Waals surface area contributed by atoms with E-state index in [1.807, 2.05) is 0 Å². The summed E-state index contributed by atoms with van der Waals surface area (Å²) in [5.74, 6) is -1.70. The molecule has 2 N–H and O–H groups in total. The standard InChI is InChI=1S/C14H14F3NO2/c15-14(16,17)13(20)11-3-1-2-4-12(11)18-9-5-7-10(19)8-6-9/h5-8,18-19H,1-4H2. The number of aromatic hydroxyl groups is 1. The van der Waals surface area contributed by atoms with Gasteiger partial charge in [-0.25, -0.2) is 0 Å². The lowest BCUT2D eigenvalue weighted by molar-refractivity contribution is -0.166. The molecule has 2 rings (SSSR count). The Hall–Kier alpha value is -1.98. The van der Waals surface area contributed by atoms with Gasteiger partial charge in [0.15, 0.2) is 0 Å². The van der Waals surface area contributed by atoms with Crippen LogP contribution in [0.25, 0.3) is 0 Å². The lowest BCUT2D eigenvalue weighted by Crippen LogP contribution is -2.28. The normalized spacial score (nSPS) is 16.1. The highest BCUT2D eigenvalue weighted by Gasteiger charge is 2.41. The van der Waals surface area contributed by atoms with Crippen molar-refractivity contribution >= 4 is 11.5 Å². The number of allylic oxidation sites excluding steroid dienone is 2. The van der Waals surface area contributed by atoms with E-state index < -0.39 is 12.0 Å². The fraction of sp³-hybridized carbons (Fsp3) is 0.357. The van der Waals surface area contributed by atoms with Crippen LogP contribution in [0.4, 0.5) is 18.9 Å². The Balaban J connectivity index is 2.27. The summed E-state index contributed by atoms with van der Waals surface area (Å²) in [7, 11) is 0. The van der Waals surface area contributed by atoms with Crippen LogP contribution in [0, 0.1) is 0 Å². The van der Waals surface area contributed by atoms with Gasteiger partial charge >= 0.3 is 6.18 Å². The summed E-state index contributed by atoms with van der Waals surface area (Å²) in [5.41, 5.74) is 0.688. The summed E-state index contributed by atoms with van der Waals surface area (Å²) in [6.45, 7) is 0. The first kappa shape index (κ1) is 14.4. The second-order valence-electron chi connectivity index (χ2n) is 4.66. The van der Waals surface area contributed by atoms with Crippen molar-refractivity contribution < 1.29 is 23.1 Å². The zero-order valence-corrected chi connectivity index (χ0v) is 10.6. The minimum Gasteiger partial charge on any atom is -0.508 e. The summed E-state index contributed by atoms with van der Waals surface area (Å²) >= 11 is 0. The maximum absolute atomic E-state index is 12.6. The number of Topliss-reactive ketones (excluding diaryl/α,β-unsaturated/α-hetero) is 1. The fourth-order valence-corrected chi connectivity index (χ4v) is 2.18. The Bertz CT molecular complexity index is 532. The molecule has 0 aliphatic heterocycles. The maximum Gasteiger partial charge on any atom is 0.454 e. The van der Waals surface area contributed by atoms with E-state index in [2.05, 4.69) is 5.32 Å². The first-order chi connectivity index (χ1) is 9.38. The molecule has 108 valence electrons. The summed E-state index contributed by atoms with van der Waals surface area (Å²) < 4.78 is 37.7. The van der Waals surface area contributed by atoms with E-state index in [4.69, 9.17) is 5.11 Å². The number of hydrogen-bond acceptors (Lipinski definition) is 3. The molecule has 0 amide bonds. The van der Waals surface area contributed by atoms with E-state index in [1.165, 1.54) is 12.1 Å².